The Morgan fingerprint density at radius 2 is 1.79 bits per heavy atom. The fourth-order valence-corrected chi connectivity index (χ4v) is 5.13. The molecule has 0 aliphatic heterocycles. The van der Waals surface area contributed by atoms with Crippen molar-refractivity contribution in [3.05, 3.63) is 66.0 Å². The summed E-state index contributed by atoms with van der Waals surface area (Å²) in [7, 11) is -1.19. The van der Waals surface area contributed by atoms with Gasteiger partial charge in [0.05, 0.1) is 17.8 Å². The Labute approximate surface area is 256 Å². The maximum absolute atomic E-state index is 14.9. The Morgan fingerprint density at radius 3 is 2.38 bits per heavy atom. The number of halogens is 5. The summed E-state index contributed by atoms with van der Waals surface area (Å²) in [6.45, 7) is -1.09. The number of nitrogens with zero attached hydrogens (tertiary/aromatic N) is 6. The number of hydrogen-bond acceptors (Lipinski definition) is 7. The average Bonchev–Trinajstić information content (AvgIpc) is 3.39. The van der Waals surface area contributed by atoms with Crippen molar-refractivity contribution >= 4 is 65.7 Å². The minimum atomic E-state index is -5.41. The van der Waals surface area contributed by atoms with Gasteiger partial charge >= 0.3 is 49.2 Å². The van der Waals surface area contributed by atoms with E-state index in [1.807, 2.05) is 0 Å². The van der Waals surface area contributed by atoms with E-state index in [0.29, 0.717) is 28.0 Å². The second-order valence-corrected chi connectivity index (χ2v) is 10.6. The van der Waals surface area contributed by atoms with Crippen LogP contribution in [-0.2, 0) is 54.4 Å². The van der Waals surface area contributed by atoms with Gasteiger partial charge < -0.3 is 9.79 Å². The second kappa shape index (κ2) is 12.1. The number of benzene rings is 1. The zero-order valence-corrected chi connectivity index (χ0v) is 22.7. The molecule has 3 heterocycles. The van der Waals surface area contributed by atoms with E-state index in [1.165, 1.54) is 25.8 Å². The standard InChI is InChI=1S/C21H18F5N6O7PS.Na.H/c1-29-17-14(18(34)30(2)20(29)35)11(31(3)28-17)6-13(33)27-19-32(8-39-40(36,37)38)12(7-41-19)9-4-5-10(22)15(16(9)23)21(24,25)26;;/h4-5,7H,6,8H2,1-3H3,(H2,36,37,38);;. The number of alkyl halides is 3. The van der Waals surface area contributed by atoms with Gasteiger partial charge in [-0.2, -0.15) is 23.3 Å². The monoisotopic (exact) mass is 648 g/mol. The molecule has 0 aliphatic rings. The van der Waals surface area contributed by atoms with Crippen molar-refractivity contribution in [2.45, 2.75) is 19.3 Å². The summed E-state index contributed by atoms with van der Waals surface area (Å²) in [6, 6.07) is 1.03. The minimum absolute atomic E-state index is 0. The van der Waals surface area contributed by atoms with Gasteiger partial charge in [0.1, 0.15) is 29.3 Å². The molecule has 0 saturated heterocycles. The molecule has 1 aromatic carbocycles. The van der Waals surface area contributed by atoms with E-state index in [2.05, 4.69) is 14.6 Å². The molecule has 0 bridgehead atoms. The summed E-state index contributed by atoms with van der Waals surface area (Å²) in [5.41, 5.74) is -4.85. The Kier molecular flexibility index (Phi) is 9.70. The first kappa shape index (κ1) is 33.7. The van der Waals surface area contributed by atoms with Crippen molar-refractivity contribution in [1.29, 1.82) is 0 Å². The van der Waals surface area contributed by atoms with Crippen molar-refractivity contribution in [3.63, 3.8) is 0 Å². The van der Waals surface area contributed by atoms with Gasteiger partial charge in [0, 0.05) is 32.1 Å². The first-order chi connectivity index (χ1) is 18.9. The predicted octanol–water partition coefficient (Wildman–Crippen LogP) is 0.886. The van der Waals surface area contributed by atoms with Crippen LogP contribution in [0.2, 0.25) is 0 Å². The Bertz CT molecular complexity index is 1960. The van der Waals surface area contributed by atoms with Gasteiger partial charge in [-0.1, -0.05) is 0 Å². The number of fused-ring (bicyclic) bond motifs is 1. The van der Waals surface area contributed by atoms with Gasteiger partial charge in [-0.25, -0.2) is 18.1 Å². The number of amides is 1. The SMILES string of the molecule is Cn1nc2c(c1CC(=O)N=c1scc(-c3ccc(F)c(C(F)(F)F)c3F)n1COP(=O)(O)O)c(=O)n(C)c(=O)n2C.[NaH]. The molecule has 4 aromatic rings. The number of phosphoric acid groups is 1. The molecule has 0 aliphatic carbocycles. The molecular formula is C21H19F5N6NaO7PS. The van der Waals surface area contributed by atoms with Crippen LogP contribution in [0.3, 0.4) is 0 Å². The van der Waals surface area contributed by atoms with Crippen LogP contribution >= 0.6 is 19.2 Å². The zero-order chi connectivity index (χ0) is 30.6. The summed E-state index contributed by atoms with van der Waals surface area (Å²) in [5, 5.41) is 5.06. The topological polar surface area (TPSA) is 163 Å². The van der Waals surface area contributed by atoms with Crippen LogP contribution in [0.1, 0.15) is 11.3 Å². The number of rotatable bonds is 6. The normalized spacial score (nSPS) is 12.7. The van der Waals surface area contributed by atoms with E-state index in [4.69, 9.17) is 9.79 Å². The van der Waals surface area contributed by atoms with Gasteiger partial charge in [0.2, 0.25) is 0 Å². The number of carbonyl (C=O) groups is 1. The summed E-state index contributed by atoms with van der Waals surface area (Å²) in [4.78, 5) is 59.6. The third-order valence-corrected chi connectivity index (χ3v) is 7.22. The van der Waals surface area contributed by atoms with E-state index >= 15 is 0 Å². The van der Waals surface area contributed by atoms with E-state index in [-0.39, 0.29) is 51.1 Å². The molecular weight excluding hydrogens is 629 g/mol. The van der Waals surface area contributed by atoms with E-state index in [9.17, 15) is 40.9 Å². The molecule has 0 radical (unpaired) electrons. The van der Waals surface area contributed by atoms with Crippen LogP contribution < -0.4 is 16.1 Å². The number of phosphoric ester groups is 1. The van der Waals surface area contributed by atoms with Crippen LogP contribution in [-0.4, -0.2) is 68.7 Å². The average molecular weight is 648 g/mol. The summed E-state index contributed by atoms with van der Waals surface area (Å²) in [6.07, 6.45) is -5.99. The molecule has 42 heavy (non-hydrogen) atoms. The van der Waals surface area contributed by atoms with Crippen LogP contribution in [0.4, 0.5) is 22.0 Å². The van der Waals surface area contributed by atoms with Crippen molar-refractivity contribution in [1.82, 2.24) is 23.5 Å². The van der Waals surface area contributed by atoms with Crippen molar-refractivity contribution in [2.24, 2.45) is 26.1 Å². The predicted molar refractivity (Wildman–Crippen MR) is 138 cm³/mol. The Hall–Kier alpha value is -2.77. The molecule has 4 rings (SSSR count). The molecule has 13 nitrogen and oxygen atoms in total. The zero-order valence-electron chi connectivity index (χ0n) is 21.0. The second-order valence-electron chi connectivity index (χ2n) is 8.52. The molecule has 0 saturated carbocycles. The fraction of sp³-hybridized carbons (Fsp3) is 0.286. The van der Waals surface area contributed by atoms with Gasteiger partial charge in [0.25, 0.3) is 11.5 Å². The van der Waals surface area contributed by atoms with Gasteiger partial charge in [-0.05, 0) is 12.1 Å². The van der Waals surface area contributed by atoms with Crippen LogP contribution in [0.25, 0.3) is 22.3 Å². The van der Waals surface area contributed by atoms with Crippen molar-refractivity contribution in [3.8, 4) is 11.3 Å². The molecule has 0 spiro atoms. The van der Waals surface area contributed by atoms with E-state index in [0.717, 1.165) is 14.5 Å². The first-order valence-corrected chi connectivity index (χ1v) is 13.5. The van der Waals surface area contributed by atoms with Gasteiger partial charge in [-0.15, -0.1) is 11.3 Å². The number of thiazole rings is 1. The third kappa shape index (κ3) is 6.42. The van der Waals surface area contributed by atoms with E-state index in [1.54, 1.807) is 0 Å². The molecule has 0 atom stereocenters. The molecule has 2 N–H and O–H groups in total. The number of carbonyl (C=O) groups excluding carboxylic acids is 1. The summed E-state index contributed by atoms with van der Waals surface area (Å²) in [5.74, 6) is -4.86. The summed E-state index contributed by atoms with van der Waals surface area (Å²) < 4.78 is 88.1. The molecule has 222 valence electrons. The van der Waals surface area contributed by atoms with Crippen molar-refractivity contribution < 1.29 is 45.6 Å². The maximum atomic E-state index is 14.9. The Balaban J connectivity index is 0.00000484. The van der Waals surface area contributed by atoms with Crippen molar-refractivity contribution in [2.75, 3.05) is 0 Å². The van der Waals surface area contributed by atoms with Crippen LogP contribution in [0.15, 0.2) is 32.1 Å². The molecule has 21 heteroatoms. The quantitative estimate of drug-likeness (QED) is 0.177. The van der Waals surface area contributed by atoms with Crippen LogP contribution in [0, 0.1) is 11.6 Å². The summed E-state index contributed by atoms with van der Waals surface area (Å²) >= 11 is 0.574. The van der Waals surface area contributed by atoms with Gasteiger partial charge in [-0.3, -0.25) is 32.5 Å². The molecule has 0 unspecified atom stereocenters. The molecule has 1 amide bonds. The van der Waals surface area contributed by atoms with Crippen LogP contribution in [0.5, 0.6) is 0 Å². The number of hydrogen-bond donors (Lipinski definition) is 2. The first-order valence-electron chi connectivity index (χ1n) is 11.1. The molecule has 3 aromatic heterocycles. The molecule has 0 fully saturated rings. The van der Waals surface area contributed by atoms with E-state index < -0.39 is 72.8 Å². The third-order valence-electron chi connectivity index (χ3n) is 5.90. The fourth-order valence-electron chi connectivity index (χ4n) is 3.96. The number of aryl methyl sites for hydroxylation is 2. The Morgan fingerprint density at radius 1 is 1.14 bits per heavy atom. The number of aromatic nitrogens is 5. The van der Waals surface area contributed by atoms with Gasteiger partial charge in [0.15, 0.2) is 10.4 Å².